The standard InChI is InChI=1S/C24H26Cl2N4O.C20H22Cl2N4.C4H5ClO/c1-16(28-24(31)19-3-4-19)14-29-10-11-30(22-9-2-17(13-27)12-21(22)26)23(15-29)18-5-7-20(25)8-6-18;1-14(24)12-25-8-9-26(19-7-2-15(11-23)10-18(19)22)20(13-25)16-3-5-17(21)6-4-16;5-4(6)3-1-2-3/h2,5-9,12,16,19,23H,3-4,10-11,14-15H2,1H3,(H,28,31);2-7,10,14,20H,8-9,12-13,24H2,1H3;3H,1-2H2/t16-,23-;14-,20-;/m00./s1. The monoisotopic (exact) mass is 948 g/mol. The summed E-state index contributed by atoms with van der Waals surface area (Å²) in [5, 5.41) is 23.9. The summed E-state index contributed by atoms with van der Waals surface area (Å²) in [6, 6.07) is 31.6. The van der Waals surface area contributed by atoms with Gasteiger partial charge in [0.2, 0.25) is 11.1 Å². The van der Waals surface area contributed by atoms with Crippen LogP contribution in [0.3, 0.4) is 0 Å². The molecule has 4 aromatic rings. The second kappa shape index (κ2) is 22.7. The van der Waals surface area contributed by atoms with Gasteiger partial charge in [-0.2, -0.15) is 10.5 Å². The molecule has 63 heavy (non-hydrogen) atoms. The number of carbonyl (C=O) groups excluding carboxylic acids is 2. The highest BCUT2D eigenvalue weighted by atomic mass is 35.5. The molecule has 15 heteroatoms. The number of hydrogen-bond acceptors (Lipinski definition) is 9. The summed E-state index contributed by atoms with van der Waals surface area (Å²) in [5.41, 5.74) is 11.3. The molecule has 2 saturated carbocycles. The van der Waals surface area contributed by atoms with E-state index in [-0.39, 0.29) is 47.2 Å². The van der Waals surface area contributed by atoms with Gasteiger partial charge in [-0.3, -0.25) is 19.4 Å². The van der Waals surface area contributed by atoms with E-state index in [0.29, 0.717) is 26.2 Å². The van der Waals surface area contributed by atoms with Gasteiger partial charge in [0.25, 0.3) is 0 Å². The van der Waals surface area contributed by atoms with Gasteiger partial charge in [0, 0.05) is 86.3 Å². The number of nitriles is 2. The SMILES string of the molecule is C[C@@H](CN1CCN(c2ccc(C#N)cc2Cl)[C@H](c2ccc(Cl)cc2)C1)NC(=O)C1CC1.C[C@H](N)CN1CCN(c2ccc(C#N)cc2Cl)[C@H](c2ccc(Cl)cc2)C1.O=C(Cl)C1CC1. The van der Waals surface area contributed by atoms with Gasteiger partial charge in [-0.1, -0.05) is 70.7 Å². The molecule has 0 aromatic heterocycles. The fourth-order valence-corrected chi connectivity index (χ4v) is 9.05. The van der Waals surface area contributed by atoms with E-state index >= 15 is 0 Å². The summed E-state index contributed by atoms with van der Waals surface area (Å²) in [4.78, 5) is 31.5. The smallest absolute Gasteiger partial charge is 0.224 e. The van der Waals surface area contributed by atoms with E-state index < -0.39 is 0 Å². The maximum absolute atomic E-state index is 12.1. The largest absolute Gasteiger partial charge is 0.361 e. The average Bonchev–Trinajstić information content (AvgIpc) is 4.19. The first-order valence-corrected chi connectivity index (χ1v) is 23.2. The summed E-state index contributed by atoms with van der Waals surface area (Å²) in [7, 11) is 0. The fraction of sp³-hybridized carbons (Fsp3) is 0.417. The van der Waals surface area contributed by atoms with Gasteiger partial charge < -0.3 is 20.9 Å². The van der Waals surface area contributed by atoms with E-state index in [9.17, 15) is 9.59 Å². The highest BCUT2D eigenvalue weighted by Crippen LogP contribution is 2.38. The molecule has 2 aliphatic heterocycles. The van der Waals surface area contributed by atoms with E-state index in [1.54, 1.807) is 12.1 Å². The maximum Gasteiger partial charge on any atom is 0.224 e. The Balaban J connectivity index is 0.000000187. The molecular formula is C48H53Cl5N8O2. The Hall–Kier alpha value is -4.07. The zero-order chi connectivity index (χ0) is 45.2. The quantitative estimate of drug-likeness (QED) is 0.141. The second-order valence-corrected chi connectivity index (χ2v) is 18.9. The van der Waals surface area contributed by atoms with Crippen LogP contribution in [0.5, 0.6) is 0 Å². The fourth-order valence-electron chi connectivity index (χ4n) is 8.00. The molecule has 332 valence electrons. The number of amides is 1. The number of nitrogens with zero attached hydrogens (tertiary/aromatic N) is 6. The summed E-state index contributed by atoms with van der Waals surface area (Å²) in [6.45, 7) is 10.8. The number of piperazine rings is 2. The first-order valence-electron chi connectivity index (χ1n) is 21.4. The molecule has 4 atom stereocenters. The van der Waals surface area contributed by atoms with Gasteiger partial charge in [0.15, 0.2) is 0 Å². The lowest BCUT2D eigenvalue weighted by Gasteiger charge is -2.44. The van der Waals surface area contributed by atoms with Crippen LogP contribution in [0.1, 0.15) is 73.9 Å². The first kappa shape index (κ1) is 48.4. The van der Waals surface area contributed by atoms with Crippen molar-refractivity contribution in [2.45, 2.75) is 63.7 Å². The molecule has 2 saturated heterocycles. The Morgan fingerprint density at radius 1 is 0.667 bits per heavy atom. The molecule has 8 rings (SSSR count). The molecule has 0 bridgehead atoms. The van der Waals surface area contributed by atoms with E-state index in [0.717, 1.165) is 100 Å². The van der Waals surface area contributed by atoms with E-state index in [2.05, 4.69) is 68.2 Å². The van der Waals surface area contributed by atoms with Crippen molar-refractivity contribution in [1.29, 1.82) is 10.5 Å². The van der Waals surface area contributed by atoms with Crippen molar-refractivity contribution in [3.05, 3.63) is 127 Å². The Labute approximate surface area is 396 Å². The number of halogens is 5. The van der Waals surface area contributed by atoms with Crippen LogP contribution < -0.4 is 20.9 Å². The van der Waals surface area contributed by atoms with Gasteiger partial charge in [0.1, 0.15) is 0 Å². The number of rotatable bonds is 11. The molecule has 0 spiro atoms. The minimum Gasteiger partial charge on any atom is -0.361 e. The molecule has 2 heterocycles. The summed E-state index contributed by atoms with van der Waals surface area (Å²) in [6.07, 6.45) is 4.06. The summed E-state index contributed by atoms with van der Waals surface area (Å²) < 4.78 is 0. The van der Waals surface area contributed by atoms with Crippen LogP contribution in [0.25, 0.3) is 0 Å². The minimum absolute atomic E-state index is 0.0859. The highest BCUT2D eigenvalue weighted by Gasteiger charge is 2.34. The molecule has 4 fully saturated rings. The summed E-state index contributed by atoms with van der Waals surface area (Å²) in [5.74, 6) is 0.635. The molecule has 10 nitrogen and oxygen atoms in total. The van der Waals surface area contributed by atoms with Crippen LogP contribution >= 0.6 is 58.0 Å². The van der Waals surface area contributed by atoms with Gasteiger partial charge >= 0.3 is 0 Å². The van der Waals surface area contributed by atoms with Gasteiger partial charge in [0.05, 0.1) is 56.8 Å². The lowest BCUT2D eigenvalue weighted by atomic mass is 10.0. The van der Waals surface area contributed by atoms with Crippen molar-refractivity contribution in [2.75, 3.05) is 62.2 Å². The third-order valence-electron chi connectivity index (χ3n) is 11.5. The molecule has 2 aliphatic carbocycles. The molecular weight excluding hydrogens is 898 g/mol. The average molecular weight is 951 g/mol. The second-order valence-electron chi connectivity index (χ2n) is 16.8. The van der Waals surface area contributed by atoms with Crippen molar-refractivity contribution in [1.82, 2.24) is 15.1 Å². The number of benzene rings is 4. The third-order valence-corrected chi connectivity index (χ3v) is 12.9. The van der Waals surface area contributed by atoms with Gasteiger partial charge in [-0.25, -0.2) is 0 Å². The molecule has 0 radical (unpaired) electrons. The first-order chi connectivity index (χ1) is 30.2. The van der Waals surface area contributed by atoms with E-state index in [4.69, 9.17) is 74.3 Å². The maximum atomic E-state index is 12.1. The predicted octanol–water partition coefficient (Wildman–Crippen LogP) is 9.88. The van der Waals surface area contributed by atoms with Crippen molar-refractivity contribution in [3.63, 3.8) is 0 Å². The van der Waals surface area contributed by atoms with E-state index in [1.165, 1.54) is 5.56 Å². The number of nitrogens with two attached hydrogens (primary N) is 1. The molecule has 3 N–H and O–H groups in total. The summed E-state index contributed by atoms with van der Waals surface area (Å²) >= 11 is 30.3. The Morgan fingerprint density at radius 2 is 1.10 bits per heavy atom. The van der Waals surface area contributed by atoms with Crippen molar-refractivity contribution >= 4 is 80.5 Å². The molecule has 1 amide bonds. The van der Waals surface area contributed by atoms with Crippen LogP contribution in [0.2, 0.25) is 20.1 Å². The normalized spacial score (nSPS) is 19.8. The lowest BCUT2D eigenvalue weighted by molar-refractivity contribution is -0.123. The van der Waals surface area contributed by atoms with Crippen molar-refractivity contribution in [3.8, 4) is 12.1 Å². The van der Waals surface area contributed by atoms with Crippen LogP contribution in [-0.4, -0.2) is 85.4 Å². The van der Waals surface area contributed by atoms with Crippen molar-refractivity contribution < 1.29 is 9.59 Å². The number of hydrogen-bond donors (Lipinski definition) is 2. The van der Waals surface area contributed by atoms with Crippen molar-refractivity contribution in [2.24, 2.45) is 17.6 Å². The minimum atomic E-state index is -0.157. The Bertz CT molecular complexity index is 2270. The van der Waals surface area contributed by atoms with Crippen LogP contribution in [0.4, 0.5) is 11.4 Å². The van der Waals surface area contributed by atoms with Gasteiger partial charge in [-0.15, -0.1) is 0 Å². The Kier molecular flexibility index (Phi) is 17.4. The zero-order valence-corrected chi connectivity index (χ0v) is 39.3. The highest BCUT2D eigenvalue weighted by molar-refractivity contribution is 6.64. The van der Waals surface area contributed by atoms with Gasteiger partial charge in [-0.05, 0) is 123 Å². The number of carbonyl (C=O) groups is 2. The number of nitrogens with one attached hydrogen (secondary N) is 1. The Morgan fingerprint density at radius 3 is 1.44 bits per heavy atom. The molecule has 4 aromatic carbocycles. The molecule has 4 aliphatic rings. The van der Waals surface area contributed by atoms with Crippen LogP contribution in [0.15, 0.2) is 84.9 Å². The lowest BCUT2D eigenvalue weighted by Crippen LogP contribution is -2.52. The number of anilines is 2. The molecule has 0 unspecified atom stereocenters. The topological polar surface area (TPSA) is 133 Å². The van der Waals surface area contributed by atoms with E-state index in [1.807, 2.05) is 55.5 Å². The van der Waals surface area contributed by atoms with Crippen LogP contribution in [-0.2, 0) is 9.59 Å². The predicted molar refractivity (Wildman–Crippen MR) is 256 cm³/mol. The zero-order valence-electron chi connectivity index (χ0n) is 35.5. The van der Waals surface area contributed by atoms with Crippen LogP contribution in [0, 0.1) is 34.5 Å². The third kappa shape index (κ3) is 14.0.